The lowest BCUT2D eigenvalue weighted by molar-refractivity contribution is 0.0889. The van der Waals surface area contributed by atoms with Crippen LogP contribution in [0.4, 0.5) is 0 Å². The van der Waals surface area contributed by atoms with Crippen LogP contribution in [0.3, 0.4) is 0 Å². The Morgan fingerprint density at radius 1 is 1.38 bits per heavy atom. The van der Waals surface area contributed by atoms with E-state index in [0.29, 0.717) is 18.5 Å². The lowest BCUT2D eigenvalue weighted by Gasteiger charge is -2.38. The molecule has 0 aliphatic heterocycles. The number of carbonyl (C=O) groups excluding carboxylic acids is 1. The fraction of sp³-hybridized carbons (Fsp3) is 0.533. The third-order valence-electron chi connectivity index (χ3n) is 4.27. The third-order valence-corrected chi connectivity index (χ3v) is 5.18. The second kappa shape index (κ2) is 5.77. The molecule has 116 valence electrons. The normalized spacial score (nSPS) is 17.1. The second-order valence-electron chi connectivity index (χ2n) is 6.06. The summed E-state index contributed by atoms with van der Waals surface area (Å²) in [5.74, 6) is -0.231. The maximum Gasteiger partial charge on any atom is 0.251 e. The van der Waals surface area contributed by atoms with Crippen LogP contribution < -0.4 is 10.5 Å². The van der Waals surface area contributed by atoms with Gasteiger partial charge in [-0.3, -0.25) is 4.79 Å². The quantitative estimate of drug-likeness (QED) is 0.869. The summed E-state index contributed by atoms with van der Waals surface area (Å²) < 4.78 is 22.9. The Morgan fingerprint density at radius 2 is 2.05 bits per heavy atom. The standard InChI is InChI=1S/C15H22N2O3S/c1-3-11-5-6-12(21(16,19)20)9-13(11)14(18)17-10-15(2)7-4-8-15/h5-6,9H,3-4,7-8,10H2,1-2H3,(H,17,18)(H2,16,19,20). The highest BCUT2D eigenvalue weighted by Gasteiger charge is 2.32. The summed E-state index contributed by atoms with van der Waals surface area (Å²) in [4.78, 5) is 12.3. The minimum Gasteiger partial charge on any atom is -0.351 e. The van der Waals surface area contributed by atoms with Gasteiger partial charge in [0.2, 0.25) is 10.0 Å². The number of nitrogens with one attached hydrogen (secondary N) is 1. The Hall–Kier alpha value is -1.40. The smallest absolute Gasteiger partial charge is 0.251 e. The van der Waals surface area contributed by atoms with E-state index in [1.54, 1.807) is 6.07 Å². The third kappa shape index (κ3) is 3.63. The predicted molar refractivity (Wildman–Crippen MR) is 81.5 cm³/mol. The van der Waals surface area contributed by atoms with Crippen molar-refractivity contribution >= 4 is 15.9 Å². The van der Waals surface area contributed by atoms with Gasteiger partial charge in [0.05, 0.1) is 4.90 Å². The zero-order valence-electron chi connectivity index (χ0n) is 12.5. The van der Waals surface area contributed by atoms with Gasteiger partial charge in [-0.25, -0.2) is 13.6 Å². The van der Waals surface area contributed by atoms with Gasteiger partial charge < -0.3 is 5.32 Å². The van der Waals surface area contributed by atoms with Gasteiger partial charge in [-0.15, -0.1) is 0 Å². The minimum atomic E-state index is -3.80. The molecule has 5 nitrogen and oxygen atoms in total. The number of nitrogens with two attached hydrogens (primary N) is 1. The van der Waals surface area contributed by atoms with Crippen LogP contribution in [0.5, 0.6) is 0 Å². The zero-order valence-corrected chi connectivity index (χ0v) is 13.3. The summed E-state index contributed by atoms with van der Waals surface area (Å²) in [6, 6.07) is 4.46. The lowest BCUT2D eigenvalue weighted by Crippen LogP contribution is -2.40. The first-order valence-corrected chi connectivity index (χ1v) is 8.74. The van der Waals surface area contributed by atoms with Gasteiger partial charge in [-0.05, 0) is 42.4 Å². The molecular weight excluding hydrogens is 288 g/mol. The first-order valence-electron chi connectivity index (χ1n) is 7.19. The summed E-state index contributed by atoms with van der Waals surface area (Å²) in [7, 11) is -3.80. The fourth-order valence-corrected chi connectivity index (χ4v) is 3.14. The van der Waals surface area contributed by atoms with E-state index in [1.807, 2.05) is 6.92 Å². The summed E-state index contributed by atoms with van der Waals surface area (Å²) in [6.07, 6.45) is 4.09. The molecule has 21 heavy (non-hydrogen) atoms. The highest BCUT2D eigenvalue weighted by atomic mass is 32.2. The average molecular weight is 310 g/mol. The molecule has 1 aromatic carbocycles. The lowest BCUT2D eigenvalue weighted by atomic mass is 9.70. The molecular formula is C15H22N2O3S. The summed E-state index contributed by atoms with van der Waals surface area (Å²) in [5.41, 5.74) is 1.39. The Labute approximate surface area is 126 Å². The minimum absolute atomic E-state index is 0.0281. The van der Waals surface area contributed by atoms with E-state index in [4.69, 9.17) is 5.14 Å². The van der Waals surface area contributed by atoms with Crippen LogP contribution >= 0.6 is 0 Å². The average Bonchev–Trinajstić information content (AvgIpc) is 2.41. The van der Waals surface area contributed by atoms with E-state index in [2.05, 4.69) is 12.2 Å². The van der Waals surface area contributed by atoms with Crippen LogP contribution in [-0.4, -0.2) is 20.9 Å². The van der Waals surface area contributed by atoms with E-state index in [1.165, 1.54) is 18.6 Å². The Bertz CT molecular complexity index is 649. The molecule has 1 fully saturated rings. The molecule has 2 rings (SSSR count). The van der Waals surface area contributed by atoms with Gasteiger partial charge in [0.15, 0.2) is 0 Å². The summed E-state index contributed by atoms with van der Waals surface area (Å²) in [6.45, 7) is 4.70. The number of primary sulfonamides is 1. The van der Waals surface area contributed by atoms with Gasteiger partial charge in [-0.2, -0.15) is 0 Å². The second-order valence-corrected chi connectivity index (χ2v) is 7.63. The van der Waals surface area contributed by atoms with Crippen molar-refractivity contribution in [3.63, 3.8) is 0 Å². The number of carbonyl (C=O) groups is 1. The molecule has 0 atom stereocenters. The van der Waals surface area contributed by atoms with Crippen LogP contribution in [0.25, 0.3) is 0 Å². The van der Waals surface area contributed by atoms with E-state index in [-0.39, 0.29) is 16.2 Å². The van der Waals surface area contributed by atoms with Crippen molar-refractivity contribution in [1.29, 1.82) is 0 Å². The molecule has 1 saturated carbocycles. The molecule has 1 amide bonds. The topological polar surface area (TPSA) is 89.3 Å². The molecule has 6 heteroatoms. The van der Waals surface area contributed by atoms with Gasteiger partial charge in [-0.1, -0.05) is 26.3 Å². The molecule has 0 heterocycles. The molecule has 3 N–H and O–H groups in total. The zero-order chi connectivity index (χ0) is 15.7. The Kier molecular flexibility index (Phi) is 4.39. The van der Waals surface area contributed by atoms with Gasteiger partial charge >= 0.3 is 0 Å². The maximum atomic E-state index is 12.3. The SMILES string of the molecule is CCc1ccc(S(N)(=O)=O)cc1C(=O)NCC1(C)CCC1. The molecule has 0 bridgehead atoms. The number of benzene rings is 1. The van der Waals surface area contributed by atoms with Crippen molar-refractivity contribution in [2.24, 2.45) is 10.6 Å². The Balaban J connectivity index is 2.21. The molecule has 1 aliphatic carbocycles. The molecule has 1 aliphatic rings. The van der Waals surface area contributed by atoms with E-state index in [0.717, 1.165) is 18.4 Å². The Morgan fingerprint density at radius 3 is 2.52 bits per heavy atom. The first kappa shape index (κ1) is 16.0. The number of hydrogen-bond donors (Lipinski definition) is 2. The van der Waals surface area contributed by atoms with E-state index >= 15 is 0 Å². The highest BCUT2D eigenvalue weighted by molar-refractivity contribution is 7.89. The fourth-order valence-electron chi connectivity index (χ4n) is 2.60. The monoisotopic (exact) mass is 310 g/mol. The van der Waals surface area contributed by atoms with Crippen LogP contribution in [0, 0.1) is 5.41 Å². The van der Waals surface area contributed by atoms with Crippen molar-refractivity contribution in [2.45, 2.75) is 44.4 Å². The number of rotatable bonds is 5. The first-order chi connectivity index (χ1) is 9.75. The summed E-state index contributed by atoms with van der Waals surface area (Å²) in [5, 5.41) is 8.05. The van der Waals surface area contributed by atoms with Crippen molar-refractivity contribution in [3.8, 4) is 0 Å². The molecule has 0 aromatic heterocycles. The number of hydrogen-bond acceptors (Lipinski definition) is 3. The maximum absolute atomic E-state index is 12.3. The predicted octanol–water partition coefficient (Wildman–Crippen LogP) is 1.82. The van der Waals surface area contributed by atoms with Crippen LogP contribution in [0.1, 0.15) is 49.0 Å². The van der Waals surface area contributed by atoms with Crippen molar-refractivity contribution < 1.29 is 13.2 Å². The molecule has 1 aromatic rings. The van der Waals surface area contributed by atoms with Crippen LogP contribution in [0.15, 0.2) is 23.1 Å². The highest BCUT2D eigenvalue weighted by Crippen LogP contribution is 2.39. The van der Waals surface area contributed by atoms with Gasteiger partial charge in [0, 0.05) is 12.1 Å². The number of aryl methyl sites for hydroxylation is 1. The van der Waals surface area contributed by atoms with Crippen molar-refractivity contribution in [2.75, 3.05) is 6.54 Å². The van der Waals surface area contributed by atoms with Crippen molar-refractivity contribution in [3.05, 3.63) is 29.3 Å². The number of sulfonamides is 1. The van der Waals surface area contributed by atoms with Gasteiger partial charge in [0.25, 0.3) is 5.91 Å². The van der Waals surface area contributed by atoms with E-state index < -0.39 is 10.0 Å². The van der Waals surface area contributed by atoms with Crippen LogP contribution in [0.2, 0.25) is 0 Å². The van der Waals surface area contributed by atoms with Gasteiger partial charge in [0.1, 0.15) is 0 Å². The molecule has 0 radical (unpaired) electrons. The molecule has 0 unspecified atom stereocenters. The molecule has 0 saturated heterocycles. The summed E-state index contributed by atoms with van der Waals surface area (Å²) >= 11 is 0. The number of amides is 1. The molecule has 0 spiro atoms. The van der Waals surface area contributed by atoms with Crippen LogP contribution in [-0.2, 0) is 16.4 Å². The van der Waals surface area contributed by atoms with Crippen molar-refractivity contribution in [1.82, 2.24) is 5.32 Å². The van der Waals surface area contributed by atoms with E-state index in [9.17, 15) is 13.2 Å². The largest absolute Gasteiger partial charge is 0.351 e.